The van der Waals surface area contributed by atoms with Crippen LogP contribution in [0.2, 0.25) is 0 Å². The first-order valence-electron chi connectivity index (χ1n) is 6.25. The Morgan fingerprint density at radius 1 is 1.15 bits per heavy atom. The fourth-order valence-electron chi connectivity index (χ4n) is 1.61. The molecule has 0 amide bonds. The van der Waals surface area contributed by atoms with E-state index in [4.69, 9.17) is 4.74 Å². The number of thiophene rings is 1. The molecule has 20 heavy (non-hydrogen) atoms. The second-order valence-electron chi connectivity index (χ2n) is 3.99. The number of allylic oxidation sites excluding steroid dienone is 1. The van der Waals surface area contributed by atoms with E-state index in [0.29, 0.717) is 17.0 Å². The highest BCUT2D eigenvalue weighted by atomic mass is 32.1. The van der Waals surface area contributed by atoms with Crippen LogP contribution in [0, 0.1) is 0 Å². The minimum Gasteiger partial charge on any atom is -0.462 e. The van der Waals surface area contributed by atoms with E-state index in [1.54, 1.807) is 37.3 Å². The Hall–Kier alpha value is -2.20. The fourth-order valence-corrected chi connectivity index (χ4v) is 2.42. The minimum atomic E-state index is -0.327. The molecule has 0 aliphatic carbocycles. The molecular formula is C16H14O3S. The van der Waals surface area contributed by atoms with Crippen LogP contribution in [0.1, 0.15) is 31.8 Å². The van der Waals surface area contributed by atoms with E-state index in [9.17, 15) is 9.59 Å². The second-order valence-corrected chi connectivity index (χ2v) is 5.10. The van der Waals surface area contributed by atoms with Crippen LogP contribution in [-0.2, 0) is 4.74 Å². The molecule has 0 radical (unpaired) electrons. The molecule has 1 heterocycles. The lowest BCUT2D eigenvalue weighted by Crippen LogP contribution is -2.01. The molecule has 4 heteroatoms. The maximum absolute atomic E-state index is 11.9. The lowest BCUT2D eigenvalue weighted by molar-refractivity contribution is 0.0532. The normalized spacial score (nSPS) is 10.7. The quantitative estimate of drug-likeness (QED) is 0.477. The molecule has 0 bridgehead atoms. The van der Waals surface area contributed by atoms with Gasteiger partial charge in [0.05, 0.1) is 6.61 Å². The molecule has 0 unspecified atom stereocenters. The van der Waals surface area contributed by atoms with Gasteiger partial charge in [-0.1, -0.05) is 30.3 Å². The smallest absolute Gasteiger partial charge is 0.348 e. The van der Waals surface area contributed by atoms with Gasteiger partial charge < -0.3 is 4.74 Å². The molecule has 0 aliphatic rings. The lowest BCUT2D eigenvalue weighted by atomic mass is 10.1. The number of ketones is 1. The minimum absolute atomic E-state index is 0.0586. The molecule has 2 rings (SSSR count). The number of carbonyl (C=O) groups excluding carboxylic acids is 2. The average Bonchev–Trinajstić information content (AvgIpc) is 2.95. The number of ether oxygens (including phenoxy) is 1. The van der Waals surface area contributed by atoms with Gasteiger partial charge in [-0.15, -0.1) is 11.3 Å². The summed E-state index contributed by atoms with van der Waals surface area (Å²) < 4.78 is 4.92. The van der Waals surface area contributed by atoms with Crippen molar-refractivity contribution >= 4 is 29.2 Å². The summed E-state index contributed by atoms with van der Waals surface area (Å²) in [5, 5.41) is 0. The summed E-state index contributed by atoms with van der Waals surface area (Å²) in [6.07, 6.45) is 3.22. The molecule has 1 aromatic carbocycles. The van der Waals surface area contributed by atoms with E-state index in [1.807, 2.05) is 18.2 Å². The lowest BCUT2D eigenvalue weighted by Gasteiger charge is -1.96. The summed E-state index contributed by atoms with van der Waals surface area (Å²) in [5.41, 5.74) is 0.644. The van der Waals surface area contributed by atoms with Gasteiger partial charge in [0, 0.05) is 10.4 Å². The highest BCUT2D eigenvalue weighted by Crippen LogP contribution is 2.19. The van der Waals surface area contributed by atoms with Crippen molar-refractivity contribution in [2.75, 3.05) is 6.61 Å². The van der Waals surface area contributed by atoms with Crippen LogP contribution in [0.15, 0.2) is 48.5 Å². The fraction of sp³-hybridized carbons (Fsp3) is 0.125. The standard InChI is InChI=1S/C16H14O3S/c1-2-19-16(18)15-11-9-13(20-15)8-10-14(17)12-6-4-3-5-7-12/h3-11H,2H2,1H3/b10-8+. The number of rotatable bonds is 5. The van der Waals surface area contributed by atoms with Gasteiger partial charge >= 0.3 is 5.97 Å². The molecule has 0 atom stereocenters. The van der Waals surface area contributed by atoms with Crippen molar-refractivity contribution in [3.05, 3.63) is 63.9 Å². The van der Waals surface area contributed by atoms with E-state index in [1.165, 1.54) is 17.4 Å². The van der Waals surface area contributed by atoms with Crippen LogP contribution in [0.4, 0.5) is 0 Å². The molecule has 0 fully saturated rings. The SMILES string of the molecule is CCOC(=O)c1ccc(/C=C/C(=O)c2ccccc2)s1. The Kier molecular flexibility index (Phi) is 4.85. The van der Waals surface area contributed by atoms with Crippen LogP contribution in [-0.4, -0.2) is 18.4 Å². The van der Waals surface area contributed by atoms with Crippen LogP contribution in [0.25, 0.3) is 6.08 Å². The van der Waals surface area contributed by atoms with Gasteiger partial charge in [0.15, 0.2) is 5.78 Å². The van der Waals surface area contributed by atoms with Gasteiger partial charge in [0.1, 0.15) is 4.88 Å². The van der Waals surface area contributed by atoms with E-state index < -0.39 is 0 Å². The van der Waals surface area contributed by atoms with Crippen LogP contribution in [0.3, 0.4) is 0 Å². The van der Waals surface area contributed by atoms with Gasteiger partial charge in [-0.2, -0.15) is 0 Å². The molecular weight excluding hydrogens is 272 g/mol. The Labute approximate surface area is 121 Å². The highest BCUT2D eigenvalue weighted by Gasteiger charge is 2.08. The summed E-state index contributed by atoms with van der Waals surface area (Å²) in [6, 6.07) is 12.6. The third kappa shape index (κ3) is 3.65. The number of carbonyl (C=O) groups is 2. The van der Waals surface area contributed by atoms with Crippen molar-refractivity contribution in [2.45, 2.75) is 6.92 Å². The van der Waals surface area contributed by atoms with Crippen molar-refractivity contribution in [2.24, 2.45) is 0 Å². The van der Waals surface area contributed by atoms with Gasteiger partial charge in [-0.05, 0) is 31.2 Å². The van der Waals surface area contributed by atoms with Gasteiger partial charge in [-0.25, -0.2) is 4.79 Å². The molecule has 3 nitrogen and oxygen atoms in total. The second kappa shape index (κ2) is 6.82. The van der Waals surface area contributed by atoms with Crippen molar-refractivity contribution in [1.29, 1.82) is 0 Å². The van der Waals surface area contributed by atoms with E-state index in [-0.39, 0.29) is 11.8 Å². The summed E-state index contributed by atoms with van der Waals surface area (Å²) >= 11 is 1.30. The Morgan fingerprint density at radius 3 is 2.60 bits per heavy atom. The third-order valence-corrected chi connectivity index (χ3v) is 3.59. The molecule has 2 aromatic rings. The Balaban J connectivity index is 2.05. The molecule has 0 aliphatic heterocycles. The molecule has 1 aromatic heterocycles. The first kappa shape index (κ1) is 14.2. The van der Waals surface area contributed by atoms with Crippen molar-refractivity contribution < 1.29 is 14.3 Å². The number of hydrogen-bond acceptors (Lipinski definition) is 4. The summed E-state index contributed by atoms with van der Waals surface area (Å²) in [4.78, 5) is 24.8. The van der Waals surface area contributed by atoms with Gasteiger partial charge in [0.2, 0.25) is 0 Å². The van der Waals surface area contributed by atoms with Gasteiger partial charge in [-0.3, -0.25) is 4.79 Å². The largest absolute Gasteiger partial charge is 0.462 e. The zero-order valence-electron chi connectivity index (χ0n) is 11.0. The first-order chi connectivity index (χ1) is 9.70. The summed E-state index contributed by atoms with van der Waals surface area (Å²) in [6.45, 7) is 2.12. The van der Waals surface area contributed by atoms with Crippen molar-refractivity contribution in [3.63, 3.8) is 0 Å². The van der Waals surface area contributed by atoms with E-state index in [2.05, 4.69) is 0 Å². The molecule has 0 saturated carbocycles. The molecule has 0 saturated heterocycles. The summed E-state index contributed by atoms with van der Waals surface area (Å²) in [5.74, 6) is -0.386. The number of hydrogen-bond donors (Lipinski definition) is 0. The maximum Gasteiger partial charge on any atom is 0.348 e. The topological polar surface area (TPSA) is 43.4 Å². The first-order valence-corrected chi connectivity index (χ1v) is 7.06. The summed E-state index contributed by atoms with van der Waals surface area (Å²) in [7, 11) is 0. The number of benzene rings is 1. The van der Waals surface area contributed by atoms with E-state index in [0.717, 1.165) is 4.88 Å². The Bertz CT molecular complexity index is 626. The van der Waals surface area contributed by atoms with Gasteiger partial charge in [0.25, 0.3) is 0 Å². The van der Waals surface area contributed by atoms with E-state index >= 15 is 0 Å². The molecule has 0 spiro atoms. The predicted molar refractivity (Wildman–Crippen MR) is 80.1 cm³/mol. The average molecular weight is 286 g/mol. The monoisotopic (exact) mass is 286 g/mol. The Morgan fingerprint density at radius 2 is 1.90 bits per heavy atom. The van der Waals surface area contributed by atoms with Crippen molar-refractivity contribution in [3.8, 4) is 0 Å². The zero-order valence-corrected chi connectivity index (χ0v) is 11.9. The molecule has 102 valence electrons. The maximum atomic E-state index is 11.9. The zero-order chi connectivity index (χ0) is 14.4. The van der Waals surface area contributed by atoms with Crippen LogP contribution in [0.5, 0.6) is 0 Å². The predicted octanol–water partition coefficient (Wildman–Crippen LogP) is 3.82. The third-order valence-electron chi connectivity index (χ3n) is 2.56. The van der Waals surface area contributed by atoms with Crippen LogP contribution >= 0.6 is 11.3 Å². The van der Waals surface area contributed by atoms with Crippen molar-refractivity contribution in [1.82, 2.24) is 0 Å². The number of esters is 1. The highest BCUT2D eigenvalue weighted by molar-refractivity contribution is 7.14. The van der Waals surface area contributed by atoms with Crippen LogP contribution < -0.4 is 0 Å². The molecule has 0 N–H and O–H groups in total.